The van der Waals surface area contributed by atoms with Crippen LogP contribution in [-0.4, -0.2) is 57.9 Å². The van der Waals surface area contributed by atoms with Crippen LogP contribution in [0.3, 0.4) is 0 Å². The van der Waals surface area contributed by atoms with Crippen molar-refractivity contribution in [1.29, 1.82) is 0 Å². The fraction of sp³-hybridized carbons (Fsp3) is 0.688. The Hall–Kier alpha value is -1.40. The third kappa shape index (κ3) is 5.62. The number of likely N-dealkylation sites (N-methyl/N-ethyl adjacent to an activating group) is 1. The molecule has 0 N–H and O–H groups in total. The minimum absolute atomic E-state index is 0.152. The summed E-state index contributed by atoms with van der Waals surface area (Å²) in [5, 5.41) is 8.37. The highest BCUT2D eigenvalue weighted by molar-refractivity contribution is 6.29. The molecule has 0 radical (unpaired) electrons. The van der Waals surface area contributed by atoms with Crippen LogP contribution in [0.4, 0.5) is 4.79 Å². The van der Waals surface area contributed by atoms with E-state index in [4.69, 9.17) is 16.3 Å². The summed E-state index contributed by atoms with van der Waals surface area (Å²) in [6.45, 7) is 8.15. The Morgan fingerprint density at radius 2 is 2.17 bits per heavy atom. The average Bonchev–Trinajstić information content (AvgIpc) is 2.47. The number of halogens is 1. The van der Waals surface area contributed by atoms with Crippen molar-refractivity contribution in [3.63, 3.8) is 0 Å². The first-order chi connectivity index (χ1) is 10.7. The number of rotatable bonds is 3. The summed E-state index contributed by atoms with van der Waals surface area (Å²) in [6, 6.07) is 3.79. The number of aromatic nitrogens is 2. The number of hydrogen-bond acceptors (Lipinski definition) is 5. The van der Waals surface area contributed by atoms with E-state index in [1.54, 1.807) is 11.0 Å². The number of piperidine rings is 1. The molecule has 1 aromatic rings. The SMILES string of the molecule is CN(C(=O)OC(C)(C)C)[C@H]1CCCN(Cc2ccc(Cl)nn2)C1. The molecule has 1 aromatic heterocycles. The number of hydrogen-bond donors (Lipinski definition) is 0. The maximum atomic E-state index is 12.2. The van der Waals surface area contributed by atoms with Gasteiger partial charge in [-0.2, -0.15) is 5.10 Å². The second kappa shape index (κ2) is 7.45. The van der Waals surface area contributed by atoms with Crippen molar-refractivity contribution in [2.24, 2.45) is 0 Å². The molecule has 0 saturated carbocycles. The Morgan fingerprint density at radius 1 is 1.43 bits per heavy atom. The zero-order valence-corrected chi connectivity index (χ0v) is 15.0. The highest BCUT2D eigenvalue weighted by Gasteiger charge is 2.29. The van der Waals surface area contributed by atoms with Gasteiger partial charge in [0.1, 0.15) is 5.60 Å². The van der Waals surface area contributed by atoms with Crippen molar-refractivity contribution in [3.8, 4) is 0 Å². The summed E-state index contributed by atoms with van der Waals surface area (Å²) >= 11 is 5.76. The minimum Gasteiger partial charge on any atom is -0.444 e. The molecule has 6 nitrogen and oxygen atoms in total. The first-order valence-electron chi connectivity index (χ1n) is 7.91. The molecule has 1 aliphatic heterocycles. The van der Waals surface area contributed by atoms with Gasteiger partial charge in [-0.3, -0.25) is 4.90 Å². The first-order valence-corrected chi connectivity index (χ1v) is 8.28. The zero-order chi connectivity index (χ0) is 17.0. The lowest BCUT2D eigenvalue weighted by Crippen LogP contribution is -2.49. The van der Waals surface area contributed by atoms with E-state index in [0.717, 1.165) is 31.6 Å². The van der Waals surface area contributed by atoms with E-state index < -0.39 is 5.60 Å². The zero-order valence-electron chi connectivity index (χ0n) is 14.3. The Morgan fingerprint density at radius 3 is 2.78 bits per heavy atom. The highest BCUT2D eigenvalue weighted by atomic mass is 35.5. The van der Waals surface area contributed by atoms with E-state index in [2.05, 4.69) is 15.1 Å². The fourth-order valence-electron chi connectivity index (χ4n) is 2.63. The van der Waals surface area contributed by atoms with Crippen LogP contribution in [0.25, 0.3) is 0 Å². The van der Waals surface area contributed by atoms with Crippen LogP contribution in [-0.2, 0) is 11.3 Å². The molecule has 2 heterocycles. The fourth-order valence-corrected chi connectivity index (χ4v) is 2.73. The molecule has 1 amide bonds. The molecule has 0 unspecified atom stereocenters. The third-order valence-corrected chi connectivity index (χ3v) is 3.98. The molecule has 1 aliphatic rings. The molecule has 2 rings (SSSR count). The van der Waals surface area contributed by atoms with Crippen LogP contribution in [0.15, 0.2) is 12.1 Å². The van der Waals surface area contributed by atoms with Crippen molar-refractivity contribution in [1.82, 2.24) is 20.0 Å². The number of nitrogens with zero attached hydrogens (tertiary/aromatic N) is 4. The van der Waals surface area contributed by atoms with E-state index in [1.807, 2.05) is 33.9 Å². The van der Waals surface area contributed by atoms with Crippen molar-refractivity contribution in [3.05, 3.63) is 23.0 Å². The van der Waals surface area contributed by atoms with Gasteiger partial charge >= 0.3 is 6.09 Å². The minimum atomic E-state index is -0.474. The summed E-state index contributed by atoms with van der Waals surface area (Å²) in [6.07, 6.45) is 1.76. The molecule has 23 heavy (non-hydrogen) atoms. The Kier molecular flexibility index (Phi) is 5.81. The molecule has 1 saturated heterocycles. The molecule has 0 aromatic carbocycles. The van der Waals surface area contributed by atoms with E-state index in [-0.39, 0.29) is 12.1 Å². The normalized spacial score (nSPS) is 19.4. The second-order valence-corrected chi connectivity index (χ2v) is 7.36. The smallest absolute Gasteiger partial charge is 0.410 e. The standard InChI is InChI=1S/C16H25ClN4O2/c1-16(2,3)23-15(22)20(4)13-6-5-9-21(11-13)10-12-7-8-14(17)19-18-12/h7-8,13H,5-6,9-11H2,1-4H3/t13-/m0/s1. The van der Waals surface area contributed by atoms with Gasteiger partial charge in [0.2, 0.25) is 0 Å². The number of likely N-dealkylation sites (tertiary alicyclic amines) is 1. The molecule has 1 atom stereocenters. The van der Waals surface area contributed by atoms with Crippen LogP contribution < -0.4 is 0 Å². The molecular formula is C16H25ClN4O2. The van der Waals surface area contributed by atoms with Crippen molar-refractivity contribution >= 4 is 17.7 Å². The van der Waals surface area contributed by atoms with Gasteiger partial charge in [-0.25, -0.2) is 4.79 Å². The summed E-state index contributed by atoms with van der Waals surface area (Å²) in [4.78, 5) is 16.2. The predicted molar refractivity (Wildman–Crippen MR) is 89.3 cm³/mol. The van der Waals surface area contributed by atoms with Gasteiger partial charge in [0.05, 0.1) is 5.69 Å². The average molecular weight is 341 g/mol. The first kappa shape index (κ1) is 17.9. The monoisotopic (exact) mass is 340 g/mol. The Balaban J connectivity index is 1.92. The van der Waals surface area contributed by atoms with Crippen LogP contribution in [0.1, 0.15) is 39.3 Å². The van der Waals surface area contributed by atoms with Gasteiger partial charge in [0, 0.05) is 26.2 Å². The molecule has 0 aliphatic carbocycles. The van der Waals surface area contributed by atoms with Crippen molar-refractivity contribution in [2.75, 3.05) is 20.1 Å². The molecule has 0 spiro atoms. The van der Waals surface area contributed by atoms with Crippen molar-refractivity contribution in [2.45, 2.75) is 51.8 Å². The summed E-state index contributed by atoms with van der Waals surface area (Å²) in [5.74, 6) is 0. The molecule has 1 fully saturated rings. The van der Waals surface area contributed by atoms with Gasteiger partial charge in [0.15, 0.2) is 5.15 Å². The van der Waals surface area contributed by atoms with Gasteiger partial charge in [0.25, 0.3) is 0 Å². The largest absolute Gasteiger partial charge is 0.444 e. The van der Waals surface area contributed by atoms with Crippen LogP contribution in [0.5, 0.6) is 0 Å². The quantitative estimate of drug-likeness (QED) is 0.846. The topological polar surface area (TPSA) is 58.6 Å². The van der Waals surface area contributed by atoms with Crippen LogP contribution in [0, 0.1) is 0 Å². The molecular weight excluding hydrogens is 316 g/mol. The lowest BCUT2D eigenvalue weighted by molar-refractivity contribution is 0.0129. The van der Waals surface area contributed by atoms with Crippen LogP contribution >= 0.6 is 11.6 Å². The van der Waals surface area contributed by atoms with Gasteiger partial charge < -0.3 is 9.64 Å². The Bertz CT molecular complexity index is 530. The predicted octanol–water partition coefficient (Wildman–Crippen LogP) is 2.96. The number of carbonyl (C=O) groups is 1. The highest BCUT2D eigenvalue weighted by Crippen LogP contribution is 2.19. The van der Waals surface area contributed by atoms with Gasteiger partial charge in [-0.05, 0) is 52.3 Å². The van der Waals surface area contributed by atoms with Crippen molar-refractivity contribution < 1.29 is 9.53 Å². The maximum Gasteiger partial charge on any atom is 0.410 e. The number of amides is 1. The maximum absolute atomic E-state index is 12.2. The summed E-state index contributed by atoms with van der Waals surface area (Å²) in [7, 11) is 1.81. The molecule has 128 valence electrons. The summed E-state index contributed by atoms with van der Waals surface area (Å²) < 4.78 is 5.45. The van der Waals surface area contributed by atoms with Crippen LogP contribution in [0.2, 0.25) is 5.15 Å². The molecule has 7 heteroatoms. The van der Waals surface area contributed by atoms with E-state index in [1.165, 1.54) is 0 Å². The second-order valence-electron chi connectivity index (χ2n) is 6.97. The van der Waals surface area contributed by atoms with E-state index >= 15 is 0 Å². The Labute approximate surface area is 142 Å². The number of ether oxygens (including phenoxy) is 1. The third-order valence-electron chi connectivity index (χ3n) is 3.78. The van der Waals surface area contributed by atoms with E-state index in [0.29, 0.717) is 11.7 Å². The van der Waals surface area contributed by atoms with Gasteiger partial charge in [-0.1, -0.05) is 11.6 Å². The lowest BCUT2D eigenvalue weighted by atomic mass is 10.0. The van der Waals surface area contributed by atoms with Gasteiger partial charge in [-0.15, -0.1) is 5.10 Å². The summed E-state index contributed by atoms with van der Waals surface area (Å²) in [5.41, 5.74) is 0.411. The molecule has 0 bridgehead atoms. The van der Waals surface area contributed by atoms with E-state index in [9.17, 15) is 4.79 Å². The lowest BCUT2D eigenvalue weighted by Gasteiger charge is -2.37. The number of carbonyl (C=O) groups excluding carboxylic acids is 1.